The minimum atomic E-state index is 0.550. The fourth-order valence-corrected chi connectivity index (χ4v) is 3.83. The molecule has 5 N–H and O–H groups in total. The van der Waals surface area contributed by atoms with Gasteiger partial charge in [0, 0.05) is 45.3 Å². The maximum Gasteiger partial charge on any atom is 0.101 e. The van der Waals surface area contributed by atoms with Crippen LogP contribution in [0, 0.1) is 17.2 Å². The van der Waals surface area contributed by atoms with Crippen molar-refractivity contribution in [1.29, 1.82) is 5.26 Å². The van der Waals surface area contributed by atoms with Crippen LogP contribution in [0.5, 0.6) is 0 Å². The van der Waals surface area contributed by atoms with Gasteiger partial charge in [0.15, 0.2) is 0 Å². The van der Waals surface area contributed by atoms with Crippen LogP contribution >= 0.6 is 11.6 Å². The summed E-state index contributed by atoms with van der Waals surface area (Å²) in [6, 6.07) is 11.6. The number of aromatic amines is 1. The Bertz CT molecular complexity index is 1020. The van der Waals surface area contributed by atoms with E-state index in [1.807, 2.05) is 36.5 Å². The van der Waals surface area contributed by atoms with E-state index in [2.05, 4.69) is 34.9 Å². The van der Waals surface area contributed by atoms with Gasteiger partial charge >= 0.3 is 0 Å². The number of nitriles is 1. The third-order valence-corrected chi connectivity index (χ3v) is 5.40. The first-order chi connectivity index (χ1) is 15.0. The summed E-state index contributed by atoms with van der Waals surface area (Å²) in [7, 11) is 0. The summed E-state index contributed by atoms with van der Waals surface area (Å²) in [6.07, 6.45) is 12.7. The standard InChI is InChI=1S/C13H16N2.C10H9ClN2.C2H5N/c14-9-12-6-7-13(15-10-12)8-11-4-2-1-3-5-11;1-6(12)9-5-13-10-3-2-7(11)4-8(9)10;1-2-3/h6-7,10-11H,1-5,8H2;2-5,13H,1,12H2;2H,1,3H2. The zero-order valence-corrected chi connectivity index (χ0v) is 18.5. The molecule has 1 aromatic carbocycles. The SMILES string of the molecule is C=C(N)c1c[nH]c2ccc(Cl)cc12.C=CN.N#Cc1ccc(CC2CCCCC2)nc1. The second kappa shape index (κ2) is 12.5. The Morgan fingerprint density at radius 2 is 1.97 bits per heavy atom. The van der Waals surface area contributed by atoms with Crippen molar-refractivity contribution in [2.45, 2.75) is 38.5 Å². The zero-order chi connectivity index (χ0) is 22.6. The predicted molar refractivity (Wildman–Crippen MR) is 130 cm³/mol. The van der Waals surface area contributed by atoms with Crippen LogP contribution in [-0.4, -0.2) is 9.97 Å². The first-order valence-electron chi connectivity index (χ1n) is 10.4. The van der Waals surface area contributed by atoms with Crippen molar-refractivity contribution in [3.63, 3.8) is 0 Å². The first-order valence-corrected chi connectivity index (χ1v) is 10.7. The number of benzene rings is 1. The van der Waals surface area contributed by atoms with E-state index < -0.39 is 0 Å². The average Bonchev–Trinajstić information content (AvgIpc) is 3.19. The van der Waals surface area contributed by atoms with Crippen molar-refractivity contribution >= 4 is 28.2 Å². The molecule has 2 aromatic heterocycles. The molecule has 0 spiro atoms. The van der Waals surface area contributed by atoms with E-state index in [0.29, 0.717) is 16.3 Å². The summed E-state index contributed by atoms with van der Waals surface area (Å²) in [4.78, 5) is 7.42. The summed E-state index contributed by atoms with van der Waals surface area (Å²) in [6.45, 7) is 6.83. The van der Waals surface area contributed by atoms with Crippen LogP contribution in [-0.2, 0) is 6.42 Å². The topological polar surface area (TPSA) is 105 Å². The number of aromatic nitrogens is 2. The highest BCUT2D eigenvalue weighted by Crippen LogP contribution is 2.26. The molecule has 6 heteroatoms. The van der Waals surface area contributed by atoms with Gasteiger partial charge in [0.25, 0.3) is 0 Å². The summed E-state index contributed by atoms with van der Waals surface area (Å²) >= 11 is 5.87. The van der Waals surface area contributed by atoms with Gasteiger partial charge in [0.1, 0.15) is 6.07 Å². The van der Waals surface area contributed by atoms with Crippen molar-refractivity contribution < 1.29 is 0 Å². The third kappa shape index (κ3) is 7.51. The van der Waals surface area contributed by atoms with E-state index in [4.69, 9.17) is 22.6 Å². The molecule has 0 aliphatic heterocycles. The van der Waals surface area contributed by atoms with Gasteiger partial charge in [-0.2, -0.15) is 5.26 Å². The second-order valence-corrected chi connectivity index (χ2v) is 7.95. The summed E-state index contributed by atoms with van der Waals surface area (Å²) < 4.78 is 0. The van der Waals surface area contributed by atoms with Crippen LogP contribution in [0.2, 0.25) is 5.02 Å². The van der Waals surface area contributed by atoms with Crippen molar-refractivity contribution in [3.8, 4) is 6.07 Å². The summed E-state index contributed by atoms with van der Waals surface area (Å²) in [5.74, 6) is 0.819. The Morgan fingerprint density at radius 3 is 2.55 bits per heavy atom. The van der Waals surface area contributed by atoms with E-state index in [1.54, 1.807) is 6.20 Å². The van der Waals surface area contributed by atoms with E-state index in [0.717, 1.165) is 34.5 Å². The summed E-state index contributed by atoms with van der Waals surface area (Å²) in [5.41, 5.74) is 14.5. The average molecular weight is 436 g/mol. The number of fused-ring (bicyclic) bond motifs is 1. The Kier molecular flexibility index (Phi) is 9.67. The zero-order valence-electron chi connectivity index (χ0n) is 17.8. The number of hydrogen-bond donors (Lipinski definition) is 3. The molecule has 3 aromatic rings. The number of nitrogens with two attached hydrogens (primary N) is 2. The molecular weight excluding hydrogens is 406 g/mol. The molecular formula is C25H30ClN5. The molecule has 0 amide bonds. The summed E-state index contributed by atoms with van der Waals surface area (Å²) in [5, 5.41) is 10.4. The van der Waals surface area contributed by atoms with Crippen molar-refractivity contribution in [3.05, 3.63) is 83.9 Å². The van der Waals surface area contributed by atoms with Gasteiger partial charge in [-0.3, -0.25) is 4.98 Å². The van der Waals surface area contributed by atoms with E-state index in [9.17, 15) is 0 Å². The molecule has 0 unspecified atom stereocenters. The monoisotopic (exact) mass is 435 g/mol. The highest BCUT2D eigenvalue weighted by molar-refractivity contribution is 6.31. The van der Waals surface area contributed by atoms with Gasteiger partial charge in [0.05, 0.1) is 5.56 Å². The molecule has 2 heterocycles. The Hall–Kier alpha value is -3.23. The van der Waals surface area contributed by atoms with Crippen LogP contribution in [0.4, 0.5) is 0 Å². The molecule has 5 nitrogen and oxygen atoms in total. The smallest absolute Gasteiger partial charge is 0.101 e. The Morgan fingerprint density at radius 1 is 1.26 bits per heavy atom. The molecule has 4 rings (SSSR count). The number of rotatable bonds is 3. The normalized spacial score (nSPS) is 13.2. The lowest BCUT2D eigenvalue weighted by Gasteiger charge is -2.20. The molecule has 0 radical (unpaired) electrons. The fraction of sp³-hybridized carbons (Fsp3) is 0.280. The van der Waals surface area contributed by atoms with E-state index in [1.165, 1.54) is 38.3 Å². The Labute approximate surface area is 189 Å². The van der Waals surface area contributed by atoms with Gasteiger partial charge in [0.2, 0.25) is 0 Å². The number of halogens is 1. The predicted octanol–water partition coefficient (Wildman–Crippen LogP) is 5.92. The van der Waals surface area contributed by atoms with Crippen LogP contribution in [0.15, 0.2) is 62.1 Å². The van der Waals surface area contributed by atoms with E-state index in [-0.39, 0.29) is 0 Å². The van der Waals surface area contributed by atoms with Gasteiger partial charge in [-0.15, -0.1) is 0 Å². The molecule has 0 atom stereocenters. The highest BCUT2D eigenvalue weighted by Gasteiger charge is 2.14. The lowest BCUT2D eigenvalue weighted by molar-refractivity contribution is 0.354. The molecule has 162 valence electrons. The minimum absolute atomic E-state index is 0.550. The second-order valence-electron chi connectivity index (χ2n) is 7.51. The largest absolute Gasteiger partial charge is 0.405 e. The van der Waals surface area contributed by atoms with Gasteiger partial charge in [-0.25, -0.2) is 0 Å². The van der Waals surface area contributed by atoms with Gasteiger partial charge in [-0.1, -0.05) is 56.9 Å². The maximum absolute atomic E-state index is 8.66. The quantitative estimate of drug-likeness (QED) is 0.475. The number of H-pyrrole nitrogens is 1. The van der Waals surface area contributed by atoms with Crippen LogP contribution < -0.4 is 11.5 Å². The molecule has 1 fully saturated rings. The highest BCUT2D eigenvalue weighted by atomic mass is 35.5. The van der Waals surface area contributed by atoms with Gasteiger partial charge < -0.3 is 16.5 Å². The fourth-order valence-electron chi connectivity index (χ4n) is 3.66. The minimum Gasteiger partial charge on any atom is -0.405 e. The molecule has 31 heavy (non-hydrogen) atoms. The first kappa shape index (κ1) is 24.0. The number of nitrogens with zero attached hydrogens (tertiary/aromatic N) is 2. The van der Waals surface area contributed by atoms with Crippen LogP contribution in [0.1, 0.15) is 48.9 Å². The number of hydrogen-bond acceptors (Lipinski definition) is 4. The van der Waals surface area contributed by atoms with Crippen molar-refractivity contribution in [2.24, 2.45) is 17.4 Å². The Balaban J connectivity index is 0.000000197. The number of nitrogens with one attached hydrogen (secondary N) is 1. The van der Waals surface area contributed by atoms with Crippen LogP contribution in [0.3, 0.4) is 0 Å². The molecule has 0 saturated heterocycles. The third-order valence-electron chi connectivity index (χ3n) is 5.17. The lowest BCUT2D eigenvalue weighted by Crippen LogP contribution is -2.10. The van der Waals surface area contributed by atoms with Crippen LogP contribution in [0.25, 0.3) is 16.6 Å². The lowest BCUT2D eigenvalue weighted by atomic mass is 9.86. The molecule has 0 bridgehead atoms. The molecule has 1 aliphatic carbocycles. The van der Waals surface area contributed by atoms with E-state index >= 15 is 0 Å². The number of pyridine rings is 1. The van der Waals surface area contributed by atoms with Crippen molar-refractivity contribution in [1.82, 2.24) is 9.97 Å². The van der Waals surface area contributed by atoms with Crippen molar-refractivity contribution in [2.75, 3.05) is 0 Å². The van der Waals surface area contributed by atoms with Gasteiger partial charge in [-0.05, 0) is 48.9 Å². The maximum atomic E-state index is 8.66. The molecule has 1 aliphatic rings. The molecule has 1 saturated carbocycles.